The van der Waals surface area contributed by atoms with Crippen molar-refractivity contribution >= 4 is 28.8 Å². The quantitative estimate of drug-likeness (QED) is 0.676. The lowest BCUT2D eigenvalue weighted by atomic mass is 10.4. The van der Waals surface area contributed by atoms with Crippen LogP contribution in [0.5, 0.6) is 0 Å². The molecular weight excluding hydrogens is 174 g/mol. The highest BCUT2D eigenvalue weighted by Crippen LogP contribution is 2.20. The molecule has 0 amide bonds. The molecule has 2 aromatic heterocycles. The Kier molecular flexibility index (Phi) is 1.65. The van der Waals surface area contributed by atoms with Gasteiger partial charge in [0.05, 0.1) is 0 Å². The van der Waals surface area contributed by atoms with Crippen LogP contribution >= 0.6 is 11.8 Å². The van der Waals surface area contributed by atoms with Crippen molar-refractivity contribution in [3.8, 4) is 0 Å². The van der Waals surface area contributed by atoms with E-state index < -0.39 is 0 Å². The zero-order valence-electron chi connectivity index (χ0n) is 6.44. The molecule has 2 N–H and O–H groups in total. The molecule has 0 aromatic carbocycles. The van der Waals surface area contributed by atoms with Gasteiger partial charge in [-0.05, 0) is 18.4 Å². The van der Waals surface area contributed by atoms with E-state index in [1.807, 2.05) is 6.26 Å². The Bertz CT molecular complexity index is 412. The molecule has 2 heterocycles. The van der Waals surface area contributed by atoms with Gasteiger partial charge in [-0.25, -0.2) is 4.98 Å². The number of rotatable bonds is 1. The number of nitrogens with zero attached hydrogens (tertiary/aromatic N) is 2. The van der Waals surface area contributed by atoms with Crippen molar-refractivity contribution in [3.05, 3.63) is 12.1 Å². The van der Waals surface area contributed by atoms with Crippen LogP contribution in [0.4, 0.5) is 5.82 Å². The van der Waals surface area contributed by atoms with Gasteiger partial charge in [-0.15, -0.1) is 0 Å². The fourth-order valence-corrected chi connectivity index (χ4v) is 1.25. The fourth-order valence-electron chi connectivity index (χ4n) is 0.899. The van der Waals surface area contributed by atoms with Crippen molar-refractivity contribution in [1.82, 2.24) is 9.97 Å². The van der Waals surface area contributed by atoms with Gasteiger partial charge in [0.1, 0.15) is 11.3 Å². The Morgan fingerprint density at radius 2 is 2.25 bits per heavy atom. The molecule has 0 aliphatic carbocycles. The first-order valence-electron chi connectivity index (χ1n) is 3.36. The minimum atomic E-state index is 0.450. The molecule has 0 bridgehead atoms. The second-order valence-corrected chi connectivity index (χ2v) is 3.00. The summed E-state index contributed by atoms with van der Waals surface area (Å²) in [7, 11) is 0. The molecule has 0 unspecified atom stereocenters. The number of thioether (sulfide) groups is 1. The van der Waals surface area contributed by atoms with Gasteiger partial charge in [-0.1, -0.05) is 11.8 Å². The van der Waals surface area contributed by atoms with Crippen LogP contribution in [0.3, 0.4) is 0 Å². The van der Waals surface area contributed by atoms with Gasteiger partial charge >= 0.3 is 0 Å². The molecule has 0 spiro atoms. The van der Waals surface area contributed by atoms with E-state index in [0.29, 0.717) is 16.8 Å². The first-order chi connectivity index (χ1) is 5.79. The van der Waals surface area contributed by atoms with Crippen molar-refractivity contribution in [3.63, 3.8) is 0 Å². The second kappa shape index (κ2) is 2.67. The predicted octanol–water partition coefficient (Wildman–Crippen LogP) is 1.53. The van der Waals surface area contributed by atoms with Gasteiger partial charge in [0, 0.05) is 0 Å². The van der Waals surface area contributed by atoms with Crippen molar-refractivity contribution in [1.29, 1.82) is 0 Å². The van der Waals surface area contributed by atoms with Gasteiger partial charge in [-0.2, -0.15) is 4.98 Å². The number of pyridine rings is 1. The maximum Gasteiger partial charge on any atom is 0.258 e. The van der Waals surface area contributed by atoms with E-state index in [9.17, 15) is 0 Å². The van der Waals surface area contributed by atoms with Crippen molar-refractivity contribution in [2.24, 2.45) is 0 Å². The molecule has 0 saturated carbocycles. The summed E-state index contributed by atoms with van der Waals surface area (Å²) in [4.78, 5) is 8.13. The molecule has 0 saturated heterocycles. The van der Waals surface area contributed by atoms with Crippen molar-refractivity contribution in [2.45, 2.75) is 5.22 Å². The number of aromatic nitrogens is 2. The first kappa shape index (κ1) is 7.42. The summed E-state index contributed by atoms with van der Waals surface area (Å²) in [6, 6.07) is 3.50. The third-order valence-corrected chi connectivity index (χ3v) is 1.96. The molecule has 4 nitrogen and oxygen atoms in total. The molecule has 0 aliphatic rings. The Labute approximate surface area is 73.2 Å². The smallest absolute Gasteiger partial charge is 0.258 e. The van der Waals surface area contributed by atoms with Gasteiger partial charge in [-0.3, -0.25) is 0 Å². The summed E-state index contributed by atoms with van der Waals surface area (Å²) < 4.78 is 5.26. The lowest BCUT2D eigenvalue weighted by Gasteiger charge is -1.87. The normalized spacial score (nSPS) is 10.8. The number of oxazole rings is 1. The first-order valence-corrected chi connectivity index (χ1v) is 4.59. The average molecular weight is 181 g/mol. The van der Waals surface area contributed by atoms with Crippen LogP contribution in [0, 0.1) is 0 Å². The Morgan fingerprint density at radius 3 is 3.00 bits per heavy atom. The summed E-state index contributed by atoms with van der Waals surface area (Å²) in [5.41, 5.74) is 6.71. The molecule has 0 radical (unpaired) electrons. The maximum atomic E-state index is 5.47. The zero-order valence-corrected chi connectivity index (χ0v) is 7.26. The largest absolute Gasteiger partial charge is 0.412 e. The maximum absolute atomic E-state index is 5.47. The molecule has 0 fully saturated rings. The van der Waals surface area contributed by atoms with E-state index in [-0.39, 0.29) is 0 Å². The van der Waals surface area contributed by atoms with Crippen LogP contribution in [0.2, 0.25) is 0 Å². The molecule has 0 aliphatic heterocycles. The molecule has 12 heavy (non-hydrogen) atoms. The minimum absolute atomic E-state index is 0.450. The van der Waals surface area contributed by atoms with E-state index in [1.165, 1.54) is 11.8 Å². The van der Waals surface area contributed by atoms with Gasteiger partial charge in [0.15, 0.2) is 0 Å². The molecule has 0 atom stereocenters. The monoisotopic (exact) mass is 181 g/mol. The third kappa shape index (κ3) is 1.12. The topological polar surface area (TPSA) is 64.9 Å². The third-order valence-electron chi connectivity index (χ3n) is 1.43. The van der Waals surface area contributed by atoms with Crippen LogP contribution in [-0.4, -0.2) is 16.2 Å². The van der Waals surface area contributed by atoms with Crippen LogP contribution in [-0.2, 0) is 0 Å². The highest BCUT2D eigenvalue weighted by Gasteiger charge is 2.04. The van der Waals surface area contributed by atoms with Crippen LogP contribution in [0.1, 0.15) is 0 Å². The minimum Gasteiger partial charge on any atom is -0.412 e. The Hall–Kier alpha value is -1.23. The molecular formula is C7H7N3OS. The van der Waals surface area contributed by atoms with E-state index in [0.717, 1.165) is 5.52 Å². The summed E-state index contributed by atoms with van der Waals surface area (Å²) in [5, 5.41) is 0.614. The van der Waals surface area contributed by atoms with E-state index in [1.54, 1.807) is 12.1 Å². The fraction of sp³-hybridized carbons (Fsp3) is 0.143. The lowest BCUT2D eigenvalue weighted by molar-refractivity contribution is 0.482. The number of hydrogen-bond donors (Lipinski definition) is 1. The van der Waals surface area contributed by atoms with Gasteiger partial charge in [0.2, 0.25) is 5.71 Å². The van der Waals surface area contributed by atoms with Crippen LogP contribution in [0.25, 0.3) is 11.2 Å². The van der Waals surface area contributed by atoms with Crippen molar-refractivity contribution < 1.29 is 4.42 Å². The number of nitrogens with two attached hydrogens (primary N) is 1. The van der Waals surface area contributed by atoms with E-state index in [4.69, 9.17) is 10.2 Å². The molecule has 2 rings (SSSR count). The lowest BCUT2D eigenvalue weighted by Crippen LogP contribution is -1.87. The highest BCUT2D eigenvalue weighted by molar-refractivity contribution is 7.98. The number of nitrogen functional groups attached to an aromatic ring is 1. The number of fused-ring (bicyclic) bond motifs is 1. The SMILES string of the molecule is CSc1nc2ccc(N)nc2o1. The standard InChI is InChI=1S/C7H7N3OS/c1-12-7-9-4-2-3-5(8)10-6(4)11-7/h2-3H,1H3,(H2,8,10). The van der Waals surface area contributed by atoms with E-state index in [2.05, 4.69) is 9.97 Å². The van der Waals surface area contributed by atoms with Crippen LogP contribution in [0.15, 0.2) is 21.8 Å². The molecule has 62 valence electrons. The Morgan fingerprint density at radius 1 is 1.42 bits per heavy atom. The van der Waals surface area contributed by atoms with Gasteiger partial charge < -0.3 is 10.2 Å². The number of hydrogen-bond acceptors (Lipinski definition) is 5. The van der Waals surface area contributed by atoms with Gasteiger partial charge in [0.25, 0.3) is 5.22 Å². The summed E-state index contributed by atoms with van der Waals surface area (Å²) in [5.74, 6) is 0.450. The Balaban J connectivity index is 2.67. The average Bonchev–Trinajstić information content (AvgIpc) is 2.46. The highest BCUT2D eigenvalue weighted by atomic mass is 32.2. The van der Waals surface area contributed by atoms with E-state index >= 15 is 0 Å². The van der Waals surface area contributed by atoms with Crippen molar-refractivity contribution in [2.75, 3.05) is 12.0 Å². The second-order valence-electron chi connectivity index (χ2n) is 2.24. The predicted molar refractivity (Wildman–Crippen MR) is 48.0 cm³/mol. The van der Waals surface area contributed by atoms with Crippen LogP contribution < -0.4 is 5.73 Å². The summed E-state index contributed by atoms with van der Waals surface area (Å²) in [6.07, 6.45) is 1.90. The summed E-state index contributed by atoms with van der Waals surface area (Å²) >= 11 is 1.44. The molecule has 2 aromatic rings. The number of anilines is 1. The molecule has 5 heteroatoms. The zero-order chi connectivity index (χ0) is 8.55. The summed E-state index contributed by atoms with van der Waals surface area (Å²) in [6.45, 7) is 0.